The molecule has 0 bridgehead atoms. The van der Waals surface area contributed by atoms with E-state index < -0.39 is 0 Å². The predicted octanol–water partition coefficient (Wildman–Crippen LogP) is 5.17. The number of rotatable bonds is 9. The number of aryl methyl sites for hydroxylation is 1. The molecule has 4 N–H and O–H groups in total. The Morgan fingerprint density at radius 1 is 1.14 bits per heavy atom. The van der Waals surface area contributed by atoms with Crippen LogP contribution >= 0.6 is 0 Å². The maximum Gasteiger partial charge on any atom is 0.253 e. The average molecular weight is 497 g/mol. The number of carbonyl (C=O) groups is 1. The van der Waals surface area contributed by atoms with Crippen LogP contribution in [-0.2, 0) is 13.0 Å². The van der Waals surface area contributed by atoms with Crippen molar-refractivity contribution in [2.75, 3.05) is 30.8 Å². The van der Waals surface area contributed by atoms with Gasteiger partial charge in [-0.15, -0.1) is 0 Å². The fraction of sp³-hybridized carbons (Fsp3) is 0.207. The molecule has 1 aliphatic heterocycles. The summed E-state index contributed by atoms with van der Waals surface area (Å²) in [5, 5.41) is 18.5. The van der Waals surface area contributed by atoms with Crippen LogP contribution < -0.4 is 16.0 Å². The van der Waals surface area contributed by atoms with E-state index in [-0.39, 0.29) is 11.7 Å². The third-order valence-corrected chi connectivity index (χ3v) is 6.12. The summed E-state index contributed by atoms with van der Waals surface area (Å²) in [5.41, 5.74) is 6.45. The van der Waals surface area contributed by atoms with Crippen molar-refractivity contribution >= 4 is 29.0 Å². The van der Waals surface area contributed by atoms with Crippen molar-refractivity contribution in [1.29, 1.82) is 0 Å². The van der Waals surface area contributed by atoms with E-state index in [2.05, 4.69) is 56.1 Å². The zero-order chi connectivity index (χ0) is 26.4. The standard InChI is InChI=1S/C29H32N6O2/c1-19(9-10-21(3)36)17-35-14-13-22-11-12-24(15-23(22)18-35)32-29-31-16-20(2)27(34-29)33-26-8-6-5-7-25(26)28(37)30-4/h5-12,15-16,36H,1,3,13-14,17-18H2,2,4H3,(H,30,37)(H2,31,32,33,34)/b10-9-. The van der Waals surface area contributed by atoms with Gasteiger partial charge < -0.3 is 21.1 Å². The van der Waals surface area contributed by atoms with Gasteiger partial charge in [-0.05, 0) is 60.4 Å². The molecule has 0 saturated heterocycles. The molecule has 8 heteroatoms. The fourth-order valence-corrected chi connectivity index (χ4v) is 4.19. The van der Waals surface area contributed by atoms with Gasteiger partial charge in [0.25, 0.3) is 5.91 Å². The monoisotopic (exact) mass is 496 g/mol. The zero-order valence-corrected chi connectivity index (χ0v) is 21.2. The quantitative estimate of drug-likeness (QED) is 0.239. The summed E-state index contributed by atoms with van der Waals surface area (Å²) in [6.07, 6.45) is 6.06. The van der Waals surface area contributed by atoms with E-state index in [9.17, 15) is 9.90 Å². The Balaban J connectivity index is 1.48. The molecular formula is C29H32N6O2. The lowest BCUT2D eigenvalue weighted by atomic mass is 9.98. The van der Waals surface area contributed by atoms with Crippen molar-refractivity contribution in [3.8, 4) is 0 Å². The number of aromatic nitrogens is 2. The minimum atomic E-state index is -0.172. The smallest absolute Gasteiger partial charge is 0.253 e. The van der Waals surface area contributed by atoms with Gasteiger partial charge in [0.2, 0.25) is 5.95 Å². The van der Waals surface area contributed by atoms with Crippen LogP contribution in [0.3, 0.4) is 0 Å². The number of para-hydroxylation sites is 1. The summed E-state index contributed by atoms with van der Waals surface area (Å²) in [7, 11) is 1.61. The topological polar surface area (TPSA) is 102 Å². The highest BCUT2D eigenvalue weighted by atomic mass is 16.3. The molecule has 190 valence electrons. The fourth-order valence-electron chi connectivity index (χ4n) is 4.19. The highest BCUT2D eigenvalue weighted by Crippen LogP contribution is 2.26. The first kappa shape index (κ1) is 25.7. The van der Waals surface area contributed by atoms with E-state index in [0.717, 1.165) is 36.3 Å². The lowest BCUT2D eigenvalue weighted by Gasteiger charge is -2.29. The molecule has 37 heavy (non-hydrogen) atoms. The maximum atomic E-state index is 12.3. The van der Waals surface area contributed by atoms with E-state index in [1.54, 1.807) is 31.5 Å². The normalized spacial score (nSPS) is 13.1. The predicted molar refractivity (Wildman–Crippen MR) is 149 cm³/mol. The van der Waals surface area contributed by atoms with E-state index >= 15 is 0 Å². The first-order valence-electron chi connectivity index (χ1n) is 12.1. The van der Waals surface area contributed by atoms with Crippen molar-refractivity contribution in [3.63, 3.8) is 0 Å². The number of nitrogens with one attached hydrogen (secondary N) is 3. The lowest BCUT2D eigenvalue weighted by molar-refractivity contribution is 0.0964. The zero-order valence-electron chi connectivity index (χ0n) is 21.2. The highest BCUT2D eigenvalue weighted by molar-refractivity contribution is 6.00. The Morgan fingerprint density at radius 2 is 1.95 bits per heavy atom. The lowest BCUT2D eigenvalue weighted by Crippen LogP contribution is -2.31. The number of nitrogens with zero attached hydrogens (tertiary/aromatic N) is 3. The summed E-state index contributed by atoms with van der Waals surface area (Å²) in [6.45, 7) is 11.9. The number of amides is 1. The number of fused-ring (bicyclic) bond motifs is 1. The largest absolute Gasteiger partial charge is 0.509 e. The maximum absolute atomic E-state index is 12.3. The summed E-state index contributed by atoms with van der Waals surface area (Å²) < 4.78 is 0. The number of allylic oxidation sites excluding steroid dienone is 1. The van der Waals surface area contributed by atoms with Gasteiger partial charge in [0.15, 0.2) is 0 Å². The molecule has 0 spiro atoms. The molecule has 0 atom stereocenters. The van der Waals surface area contributed by atoms with Crippen LogP contribution in [0.25, 0.3) is 0 Å². The van der Waals surface area contributed by atoms with Crippen LogP contribution in [0.1, 0.15) is 27.0 Å². The van der Waals surface area contributed by atoms with Crippen LogP contribution in [0, 0.1) is 6.92 Å². The van der Waals surface area contributed by atoms with E-state index in [0.29, 0.717) is 29.6 Å². The van der Waals surface area contributed by atoms with Crippen molar-refractivity contribution in [3.05, 3.63) is 108 Å². The Kier molecular flexibility index (Phi) is 8.00. The van der Waals surface area contributed by atoms with Crippen LogP contribution in [-0.4, -0.2) is 46.0 Å². The first-order valence-corrected chi connectivity index (χ1v) is 12.1. The molecule has 1 aromatic heterocycles. The Bertz CT molecular complexity index is 1360. The van der Waals surface area contributed by atoms with Gasteiger partial charge in [-0.3, -0.25) is 9.69 Å². The molecule has 1 amide bonds. The van der Waals surface area contributed by atoms with E-state index in [4.69, 9.17) is 0 Å². The van der Waals surface area contributed by atoms with Crippen LogP contribution in [0.5, 0.6) is 0 Å². The molecule has 2 heterocycles. The van der Waals surface area contributed by atoms with Crippen LogP contribution in [0.2, 0.25) is 0 Å². The van der Waals surface area contributed by atoms with Crippen molar-refractivity contribution in [2.24, 2.45) is 0 Å². The molecule has 3 aromatic rings. The molecule has 0 radical (unpaired) electrons. The SMILES string of the molecule is C=C(O)/C=C\C(=C)CN1CCc2ccc(Nc3ncc(C)c(Nc4ccccc4C(=O)NC)n3)cc2C1. The number of carbonyl (C=O) groups excluding carboxylic acids is 1. The molecule has 4 rings (SSSR count). The van der Waals surface area contributed by atoms with Gasteiger partial charge in [-0.25, -0.2) is 4.98 Å². The third-order valence-electron chi connectivity index (χ3n) is 6.12. The second kappa shape index (κ2) is 11.5. The van der Waals surface area contributed by atoms with Gasteiger partial charge in [0.05, 0.1) is 11.3 Å². The van der Waals surface area contributed by atoms with Crippen LogP contribution in [0.15, 0.2) is 85.3 Å². The molecule has 0 saturated carbocycles. The van der Waals surface area contributed by atoms with Crippen molar-refractivity contribution < 1.29 is 9.90 Å². The molecule has 8 nitrogen and oxygen atoms in total. The van der Waals surface area contributed by atoms with E-state index in [1.807, 2.05) is 31.2 Å². The van der Waals surface area contributed by atoms with Gasteiger partial charge in [-0.2, -0.15) is 4.98 Å². The molecule has 0 aliphatic carbocycles. The number of aliphatic hydroxyl groups is 1. The molecule has 0 unspecified atom stereocenters. The summed E-state index contributed by atoms with van der Waals surface area (Å²) in [4.78, 5) is 23.7. The van der Waals surface area contributed by atoms with Crippen molar-refractivity contribution in [1.82, 2.24) is 20.2 Å². The minimum absolute atomic E-state index is 0.0215. The highest BCUT2D eigenvalue weighted by Gasteiger charge is 2.17. The number of hydrogen-bond donors (Lipinski definition) is 4. The number of benzene rings is 2. The molecule has 0 fully saturated rings. The number of anilines is 4. The Hall–Kier alpha value is -4.43. The summed E-state index contributed by atoms with van der Waals surface area (Å²) in [6, 6.07) is 13.6. The third kappa shape index (κ3) is 6.62. The second-order valence-electron chi connectivity index (χ2n) is 9.03. The molecule has 1 aliphatic rings. The van der Waals surface area contributed by atoms with E-state index in [1.165, 1.54) is 11.1 Å². The van der Waals surface area contributed by atoms with Crippen molar-refractivity contribution in [2.45, 2.75) is 19.9 Å². The van der Waals surface area contributed by atoms with Gasteiger partial charge in [0, 0.05) is 44.1 Å². The van der Waals surface area contributed by atoms with Gasteiger partial charge in [-0.1, -0.05) is 37.4 Å². The molecular weight excluding hydrogens is 464 g/mol. The second-order valence-corrected chi connectivity index (χ2v) is 9.03. The molecule has 2 aromatic carbocycles. The minimum Gasteiger partial charge on any atom is -0.509 e. The van der Waals surface area contributed by atoms with Gasteiger partial charge >= 0.3 is 0 Å². The number of aliphatic hydroxyl groups excluding tert-OH is 1. The van der Waals surface area contributed by atoms with Crippen LogP contribution in [0.4, 0.5) is 23.1 Å². The average Bonchev–Trinajstić information content (AvgIpc) is 2.89. The summed E-state index contributed by atoms with van der Waals surface area (Å²) in [5.74, 6) is 0.930. The summed E-state index contributed by atoms with van der Waals surface area (Å²) >= 11 is 0. The Morgan fingerprint density at radius 3 is 2.73 bits per heavy atom. The first-order chi connectivity index (χ1) is 17.8. The van der Waals surface area contributed by atoms with Gasteiger partial charge in [0.1, 0.15) is 11.6 Å². The number of hydrogen-bond acceptors (Lipinski definition) is 7. The Labute approximate surface area is 217 Å².